The molecule has 0 atom stereocenters. The number of amides is 1. The molecule has 0 bridgehead atoms. The van der Waals surface area contributed by atoms with Gasteiger partial charge in [-0.3, -0.25) is 4.79 Å². The lowest BCUT2D eigenvalue weighted by molar-refractivity contribution is -0.121. The molecule has 2 aromatic heterocycles. The first kappa shape index (κ1) is 19.5. The zero-order chi connectivity index (χ0) is 20.1. The smallest absolute Gasteiger partial charge is 0.274 e. The fraction of sp³-hybridized carbons (Fsp3) is 0.318. The highest BCUT2D eigenvalue weighted by molar-refractivity contribution is 6.30. The summed E-state index contributed by atoms with van der Waals surface area (Å²) < 4.78 is 7.23. The lowest BCUT2D eigenvalue weighted by atomic mass is 9.97. The van der Waals surface area contributed by atoms with Crippen molar-refractivity contribution in [1.82, 2.24) is 20.0 Å². The number of nitrogens with zero attached hydrogens (tertiary/aromatic N) is 3. The summed E-state index contributed by atoms with van der Waals surface area (Å²) in [5.74, 6) is 0.791. The molecule has 0 radical (unpaired) electrons. The predicted octanol–water partition coefficient (Wildman–Crippen LogP) is 4.87. The lowest BCUT2D eigenvalue weighted by Crippen LogP contribution is -2.28. The Bertz CT molecular complexity index is 1020. The summed E-state index contributed by atoms with van der Waals surface area (Å²) in [6.07, 6.45) is 9.93. The van der Waals surface area contributed by atoms with E-state index in [4.69, 9.17) is 16.1 Å². The molecule has 0 unspecified atom stereocenters. The van der Waals surface area contributed by atoms with Crippen LogP contribution in [0.2, 0.25) is 5.02 Å². The third-order valence-electron chi connectivity index (χ3n) is 5.02. The molecule has 1 amide bonds. The van der Waals surface area contributed by atoms with Crippen molar-refractivity contribution in [3.05, 3.63) is 59.3 Å². The first-order valence-electron chi connectivity index (χ1n) is 9.89. The van der Waals surface area contributed by atoms with Gasteiger partial charge in [0.1, 0.15) is 12.2 Å². The second kappa shape index (κ2) is 9.09. The van der Waals surface area contributed by atoms with Crippen LogP contribution in [0.1, 0.15) is 32.1 Å². The molecule has 7 heteroatoms. The van der Waals surface area contributed by atoms with Crippen LogP contribution in [-0.4, -0.2) is 27.2 Å². The minimum atomic E-state index is -0.0339. The maximum Gasteiger partial charge on any atom is 0.274 e. The summed E-state index contributed by atoms with van der Waals surface area (Å²) in [5.41, 5.74) is 2.94. The Morgan fingerprint density at radius 1 is 1.24 bits per heavy atom. The van der Waals surface area contributed by atoms with Crippen molar-refractivity contribution >= 4 is 17.5 Å². The molecule has 0 spiro atoms. The number of halogens is 1. The normalized spacial score (nSPS) is 13.9. The largest absolute Gasteiger partial charge is 0.354 e. The molecule has 0 aliphatic heterocycles. The highest BCUT2D eigenvalue weighted by Gasteiger charge is 2.15. The van der Waals surface area contributed by atoms with Crippen LogP contribution in [0.3, 0.4) is 0 Å². The van der Waals surface area contributed by atoms with Crippen molar-refractivity contribution < 1.29 is 9.32 Å². The van der Waals surface area contributed by atoms with Crippen LogP contribution in [0.25, 0.3) is 23.0 Å². The second-order valence-electron chi connectivity index (χ2n) is 7.16. The van der Waals surface area contributed by atoms with E-state index >= 15 is 0 Å². The van der Waals surface area contributed by atoms with E-state index in [1.165, 1.54) is 18.4 Å². The van der Waals surface area contributed by atoms with Gasteiger partial charge in [-0.05, 0) is 56.4 Å². The topological polar surface area (TPSA) is 73.0 Å². The molecular formula is C22H23ClN4O2. The third kappa shape index (κ3) is 4.95. The van der Waals surface area contributed by atoms with Gasteiger partial charge in [0.25, 0.3) is 5.89 Å². The van der Waals surface area contributed by atoms with Gasteiger partial charge in [-0.15, -0.1) is 0 Å². The van der Waals surface area contributed by atoms with Gasteiger partial charge in [-0.1, -0.05) is 40.5 Å². The molecule has 1 aliphatic carbocycles. The van der Waals surface area contributed by atoms with Gasteiger partial charge in [0.05, 0.1) is 0 Å². The van der Waals surface area contributed by atoms with Crippen LogP contribution in [0.15, 0.2) is 58.8 Å². The van der Waals surface area contributed by atoms with Gasteiger partial charge in [0, 0.05) is 23.3 Å². The number of benzene rings is 1. The summed E-state index contributed by atoms with van der Waals surface area (Å²) in [7, 11) is 0. The lowest BCUT2D eigenvalue weighted by Gasteiger charge is -2.13. The van der Waals surface area contributed by atoms with E-state index in [-0.39, 0.29) is 12.5 Å². The highest BCUT2D eigenvalue weighted by atomic mass is 35.5. The van der Waals surface area contributed by atoms with Gasteiger partial charge in [0.15, 0.2) is 0 Å². The van der Waals surface area contributed by atoms with E-state index in [0.29, 0.717) is 29.0 Å². The predicted molar refractivity (Wildman–Crippen MR) is 112 cm³/mol. The molecule has 29 heavy (non-hydrogen) atoms. The summed E-state index contributed by atoms with van der Waals surface area (Å²) in [6.45, 7) is 0.872. The SMILES string of the molecule is O=C(Cn1cccc1-c1nc(-c2cccc(Cl)c2)no1)NCCC1=CCCCC1. The average Bonchev–Trinajstić information content (AvgIpc) is 3.38. The molecule has 3 aromatic rings. The number of aromatic nitrogens is 3. The standard InChI is InChI=1S/C22H23ClN4O2/c23-18-9-4-8-17(14-18)21-25-22(29-26-21)19-10-5-13-27(19)15-20(28)24-12-11-16-6-2-1-3-7-16/h4-6,8-10,13-14H,1-3,7,11-12,15H2,(H,24,28). The molecule has 1 aromatic carbocycles. The molecular weight excluding hydrogens is 388 g/mol. The summed E-state index contributed by atoms with van der Waals surface area (Å²) in [5, 5.41) is 7.65. The number of nitrogens with one attached hydrogen (secondary N) is 1. The minimum absolute atomic E-state index is 0.0339. The molecule has 0 fully saturated rings. The molecule has 0 saturated heterocycles. The Morgan fingerprint density at radius 3 is 3.00 bits per heavy atom. The molecule has 1 N–H and O–H groups in total. The van der Waals surface area contributed by atoms with Gasteiger partial charge in [0.2, 0.25) is 11.7 Å². The van der Waals surface area contributed by atoms with Crippen LogP contribution in [-0.2, 0) is 11.3 Å². The van der Waals surface area contributed by atoms with Gasteiger partial charge >= 0.3 is 0 Å². The summed E-state index contributed by atoms with van der Waals surface area (Å²) in [6, 6.07) is 11.0. The Balaban J connectivity index is 1.38. The Morgan fingerprint density at radius 2 is 2.17 bits per heavy atom. The number of carbonyl (C=O) groups is 1. The van der Waals surface area contributed by atoms with Crippen molar-refractivity contribution in [1.29, 1.82) is 0 Å². The Kier molecular flexibility index (Phi) is 6.10. The molecule has 4 rings (SSSR count). The highest BCUT2D eigenvalue weighted by Crippen LogP contribution is 2.24. The van der Waals surface area contributed by atoms with Crippen molar-refractivity contribution in [2.45, 2.75) is 38.6 Å². The van der Waals surface area contributed by atoms with E-state index in [0.717, 1.165) is 24.8 Å². The van der Waals surface area contributed by atoms with Gasteiger partial charge < -0.3 is 14.4 Å². The number of hydrogen-bond acceptors (Lipinski definition) is 4. The third-order valence-corrected chi connectivity index (χ3v) is 5.26. The van der Waals surface area contributed by atoms with Crippen molar-refractivity contribution in [3.63, 3.8) is 0 Å². The number of carbonyl (C=O) groups excluding carboxylic acids is 1. The van der Waals surface area contributed by atoms with E-state index in [9.17, 15) is 4.79 Å². The van der Waals surface area contributed by atoms with Crippen molar-refractivity contribution in [2.75, 3.05) is 6.54 Å². The number of hydrogen-bond donors (Lipinski definition) is 1. The molecule has 6 nitrogen and oxygen atoms in total. The quantitative estimate of drug-likeness (QED) is 0.564. The van der Waals surface area contributed by atoms with Crippen LogP contribution >= 0.6 is 11.6 Å². The molecule has 2 heterocycles. The first-order valence-corrected chi connectivity index (χ1v) is 10.3. The Hall–Kier alpha value is -2.86. The average molecular weight is 411 g/mol. The molecule has 150 valence electrons. The zero-order valence-corrected chi connectivity index (χ0v) is 16.9. The maximum absolute atomic E-state index is 12.4. The molecule has 0 saturated carbocycles. The monoisotopic (exact) mass is 410 g/mol. The van der Waals surface area contributed by atoms with Crippen molar-refractivity contribution in [3.8, 4) is 23.0 Å². The first-order chi connectivity index (χ1) is 14.2. The van der Waals surface area contributed by atoms with Crippen LogP contribution in [0.4, 0.5) is 0 Å². The van der Waals surface area contributed by atoms with E-state index in [1.54, 1.807) is 12.1 Å². The maximum atomic E-state index is 12.4. The van der Waals surface area contributed by atoms with E-state index in [2.05, 4.69) is 21.5 Å². The zero-order valence-electron chi connectivity index (χ0n) is 16.1. The fourth-order valence-corrected chi connectivity index (χ4v) is 3.71. The van der Waals surface area contributed by atoms with Crippen LogP contribution in [0, 0.1) is 0 Å². The molecule has 1 aliphatic rings. The van der Waals surface area contributed by atoms with Crippen LogP contribution in [0.5, 0.6) is 0 Å². The number of allylic oxidation sites excluding steroid dienone is 1. The van der Waals surface area contributed by atoms with E-state index < -0.39 is 0 Å². The van der Waals surface area contributed by atoms with Crippen molar-refractivity contribution in [2.24, 2.45) is 0 Å². The van der Waals surface area contributed by atoms with Crippen LogP contribution < -0.4 is 5.32 Å². The Labute approximate surface area is 174 Å². The van der Waals surface area contributed by atoms with Gasteiger partial charge in [-0.25, -0.2) is 0 Å². The second-order valence-corrected chi connectivity index (χ2v) is 7.60. The summed E-state index contributed by atoms with van der Waals surface area (Å²) >= 11 is 6.04. The van der Waals surface area contributed by atoms with Gasteiger partial charge in [-0.2, -0.15) is 4.98 Å². The fourth-order valence-electron chi connectivity index (χ4n) is 3.52. The number of rotatable bonds is 7. The summed E-state index contributed by atoms with van der Waals surface area (Å²) in [4.78, 5) is 16.8. The van der Waals surface area contributed by atoms with E-state index in [1.807, 2.05) is 35.0 Å². The minimum Gasteiger partial charge on any atom is -0.354 e.